The Hall–Kier alpha value is -4.61. The molecule has 198 valence electrons. The van der Waals surface area contributed by atoms with Crippen molar-refractivity contribution in [1.82, 2.24) is 19.5 Å². The predicted molar refractivity (Wildman–Crippen MR) is 134 cm³/mol. The van der Waals surface area contributed by atoms with E-state index in [4.69, 9.17) is 0 Å². The maximum Gasteiger partial charge on any atom is 0.442 e. The van der Waals surface area contributed by atoms with Crippen LogP contribution in [0.25, 0.3) is 5.65 Å². The molecule has 0 atom stereocenters. The molecule has 9 nitrogen and oxygen atoms in total. The highest BCUT2D eigenvalue weighted by Gasteiger charge is 2.65. The van der Waals surface area contributed by atoms with E-state index in [1.54, 1.807) is 27.6 Å². The number of pyridine rings is 1. The first-order valence-corrected chi connectivity index (χ1v) is 12.3. The third kappa shape index (κ3) is 4.62. The van der Waals surface area contributed by atoms with Crippen molar-refractivity contribution >= 4 is 23.1 Å². The Morgan fingerprint density at radius 1 is 0.897 bits per heavy atom. The Morgan fingerprint density at radius 3 is 2.21 bits per heavy atom. The van der Waals surface area contributed by atoms with E-state index in [2.05, 4.69) is 25.7 Å². The SMILES string of the molecule is O=C(Nc1ccc(C2CCN(C(=O)c3ccc(C4(C(F)(F)F)N=N4)cc3)CC2)cc1)c1ccc2nncn2c1. The number of rotatable bonds is 5. The molecule has 2 aliphatic rings. The summed E-state index contributed by atoms with van der Waals surface area (Å²) in [7, 11) is 0. The van der Waals surface area contributed by atoms with Gasteiger partial charge in [0.2, 0.25) is 0 Å². The molecule has 39 heavy (non-hydrogen) atoms. The summed E-state index contributed by atoms with van der Waals surface area (Å²) in [4.78, 5) is 27.3. The minimum absolute atomic E-state index is 0.0959. The highest BCUT2D eigenvalue weighted by atomic mass is 19.4. The molecular formula is C27H22F3N7O2. The lowest BCUT2D eigenvalue weighted by Gasteiger charge is -2.32. The van der Waals surface area contributed by atoms with E-state index < -0.39 is 11.8 Å². The third-order valence-electron chi connectivity index (χ3n) is 7.20. The summed E-state index contributed by atoms with van der Waals surface area (Å²) >= 11 is 0. The molecule has 12 heteroatoms. The lowest BCUT2D eigenvalue weighted by atomic mass is 9.89. The number of benzene rings is 2. The Balaban J connectivity index is 1.04. The van der Waals surface area contributed by atoms with Crippen LogP contribution in [0.2, 0.25) is 0 Å². The van der Waals surface area contributed by atoms with E-state index in [-0.39, 0.29) is 23.3 Å². The average molecular weight is 534 g/mol. The summed E-state index contributed by atoms with van der Waals surface area (Å²) in [6.45, 7) is 1.07. The molecule has 2 aromatic carbocycles. The fraction of sp³-hybridized carbons (Fsp3) is 0.259. The highest BCUT2D eigenvalue weighted by Crippen LogP contribution is 2.52. The van der Waals surface area contributed by atoms with Crippen molar-refractivity contribution in [2.45, 2.75) is 30.6 Å². The lowest BCUT2D eigenvalue weighted by Crippen LogP contribution is -2.38. The second kappa shape index (κ2) is 9.29. The number of likely N-dealkylation sites (tertiary alicyclic amines) is 1. The average Bonchev–Trinajstić information content (AvgIpc) is 3.65. The van der Waals surface area contributed by atoms with Crippen molar-refractivity contribution in [3.05, 3.63) is 95.4 Å². The van der Waals surface area contributed by atoms with E-state index >= 15 is 0 Å². The Labute approximate surface area is 220 Å². The van der Waals surface area contributed by atoms with Gasteiger partial charge in [0.15, 0.2) is 5.65 Å². The van der Waals surface area contributed by atoms with Crippen LogP contribution in [0.5, 0.6) is 0 Å². The summed E-state index contributed by atoms with van der Waals surface area (Å²) < 4.78 is 41.3. The molecule has 0 aliphatic carbocycles. The number of anilines is 1. The van der Waals surface area contributed by atoms with Crippen molar-refractivity contribution in [3.8, 4) is 0 Å². The number of hydrogen-bond acceptors (Lipinski definition) is 6. The van der Waals surface area contributed by atoms with Gasteiger partial charge in [-0.3, -0.25) is 14.0 Å². The Bertz CT molecular complexity index is 1570. The van der Waals surface area contributed by atoms with E-state index in [0.29, 0.717) is 35.6 Å². The zero-order chi connectivity index (χ0) is 27.2. The van der Waals surface area contributed by atoms with Gasteiger partial charge in [-0.25, -0.2) is 0 Å². The first-order valence-electron chi connectivity index (χ1n) is 12.3. The van der Waals surface area contributed by atoms with Crippen LogP contribution in [0.15, 0.2) is 83.4 Å². The summed E-state index contributed by atoms with van der Waals surface area (Å²) in [6.07, 6.45) is 0.106. The van der Waals surface area contributed by atoms with Crippen molar-refractivity contribution in [2.24, 2.45) is 10.2 Å². The number of carbonyl (C=O) groups excluding carboxylic acids is 2. The molecule has 0 unspecified atom stereocenters. The number of hydrogen-bond donors (Lipinski definition) is 1. The van der Waals surface area contributed by atoms with Crippen LogP contribution in [-0.4, -0.2) is 50.6 Å². The molecule has 4 heterocycles. The monoisotopic (exact) mass is 533 g/mol. The number of carbonyl (C=O) groups is 2. The quantitative estimate of drug-likeness (QED) is 0.382. The van der Waals surface area contributed by atoms with Gasteiger partial charge in [0.25, 0.3) is 11.8 Å². The van der Waals surface area contributed by atoms with Gasteiger partial charge in [0.1, 0.15) is 6.33 Å². The van der Waals surface area contributed by atoms with Gasteiger partial charge in [-0.05, 0) is 60.7 Å². The largest absolute Gasteiger partial charge is 0.442 e. The fourth-order valence-corrected chi connectivity index (χ4v) is 4.89. The molecule has 6 rings (SSSR count). The molecule has 1 N–H and O–H groups in total. The molecule has 1 saturated heterocycles. The number of nitrogens with zero attached hydrogens (tertiary/aromatic N) is 6. The minimum Gasteiger partial charge on any atom is -0.339 e. The fourth-order valence-electron chi connectivity index (χ4n) is 4.89. The summed E-state index contributed by atoms with van der Waals surface area (Å²) in [5, 5.41) is 17.0. The van der Waals surface area contributed by atoms with Crippen LogP contribution in [0.1, 0.15) is 50.6 Å². The maximum atomic E-state index is 13.2. The van der Waals surface area contributed by atoms with E-state index in [0.717, 1.165) is 18.4 Å². The molecule has 1 fully saturated rings. The lowest BCUT2D eigenvalue weighted by molar-refractivity contribution is -0.166. The molecular weight excluding hydrogens is 511 g/mol. The van der Waals surface area contributed by atoms with Crippen molar-refractivity contribution < 1.29 is 22.8 Å². The first-order chi connectivity index (χ1) is 18.7. The van der Waals surface area contributed by atoms with Crippen LogP contribution in [0.3, 0.4) is 0 Å². The maximum absolute atomic E-state index is 13.2. The van der Waals surface area contributed by atoms with E-state index in [1.807, 2.05) is 24.3 Å². The van der Waals surface area contributed by atoms with Crippen molar-refractivity contribution in [2.75, 3.05) is 18.4 Å². The van der Waals surface area contributed by atoms with Crippen LogP contribution in [-0.2, 0) is 5.66 Å². The van der Waals surface area contributed by atoms with E-state index in [9.17, 15) is 22.8 Å². The normalized spacial score (nSPS) is 16.8. The molecule has 2 amide bonds. The molecule has 2 aromatic heterocycles. The molecule has 0 bridgehead atoms. The van der Waals surface area contributed by atoms with Crippen molar-refractivity contribution in [1.29, 1.82) is 0 Å². The van der Waals surface area contributed by atoms with Crippen LogP contribution in [0.4, 0.5) is 18.9 Å². The zero-order valence-corrected chi connectivity index (χ0v) is 20.5. The van der Waals surface area contributed by atoms with Gasteiger partial charge in [-0.1, -0.05) is 24.3 Å². The molecule has 2 aliphatic heterocycles. The third-order valence-corrected chi connectivity index (χ3v) is 7.20. The van der Waals surface area contributed by atoms with Gasteiger partial charge in [0, 0.05) is 36.1 Å². The standard InChI is InChI=1S/C27H22F3N7O2/c28-27(29,30)26(34-35-26)21-6-1-19(2-7-21)25(39)36-13-11-18(12-14-36)17-3-8-22(9-4-17)32-24(38)20-5-10-23-33-31-16-37(23)15-20/h1-10,15-16,18H,11-14H2,(H,32,38). The summed E-state index contributed by atoms with van der Waals surface area (Å²) in [5.74, 6) is -0.205. The Kier molecular flexibility index (Phi) is 5.89. The van der Waals surface area contributed by atoms with Crippen molar-refractivity contribution in [3.63, 3.8) is 0 Å². The first kappa shape index (κ1) is 24.7. The number of amides is 2. The number of aromatic nitrogens is 3. The smallest absolute Gasteiger partial charge is 0.339 e. The summed E-state index contributed by atoms with van der Waals surface area (Å²) in [6, 6.07) is 16.4. The van der Waals surface area contributed by atoms with Gasteiger partial charge < -0.3 is 10.2 Å². The van der Waals surface area contributed by atoms with Gasteiger partial charge in [-0.2, -0.15) is 13.2 Å². The molecule has 0 spiro atoms. The Morgan fingerprint density at radius 2 is 1.56 bits per heavy atom. The van der Waals surface area contributed by atoms with E-state index in [1.165, 1.54) is 30.6 Å². The van der Waals surface area contributed by atoms with Gasteiger partial charge >= 0.3 is 11.8 Å². The van der Waals surface area contributed by atoms with Crippen LogP contribution in [0, 0.1) is 0 Å². The number of piperidine rings is 1. The molecule has 0 radical (unpaired) electrons. The molecule has 4 aromatic rings. The number of alkyl halides is 3. The predicted octanol–water partition coefficient (Wildman–Crippen LogP) is 5.18. The topological polar surface area (TPSA) is 104 Å². The minimum atomic E-state index is -4.60. The second-order valence-corrected chi connectivity index (χ2v) is 9.60. The number of nitrogens with one attached hydrogen (secondary N) is 1. The number of fused-ring (bicyclic) bond motifs is 1. The zero-order valence-electron chi connectivity index (χ0n) is 20.5. The van der Waals surface area contributed by atoms with Crippen LogP contribution < -0.4 is 5.32 Å². The van der Waals surface area contributed by atoms with Crippen LogP contribution >= 0.6 is 0 Å². The number of halogens is 3. The highest BCUT2D eigenvalue weighted by molar-refractivity contribution is 6.04. The summed E-state index contributed by atoms with van der Waals surface area (Å²) in [5.41, 5.74) is 0.669. The van der Waals surface area contributed by atoms with Gasteiger partial charge in [0.05, 0.1) is 5.56 Å². The molecule has 0 saturated carbocycles. The second-order valence-electron chi connectivity index (χ2n) is 9.60. The van der Waals surface area contributed by atoms with Gasteiger partial charge in [-0.15, -0.1) is 20.4 Å².